The van der Waals surface area contributed by atoms with Crippen molar-refractivity contribution in [1.29, 1.82) is 0 Å². The number of carbonyl (C=O) groups excluding carboxylic acids is 1. The normalized spacial score (nSPS) is 11.0. The van der Waals surface area contributed by atoms with E-state index in [2.05, 4.69) is 15.4 Å². The number of carbonyl (C=O) groups is 1. The molecule has 4 aromatic rings. The van der Waals surface area contributed by atoms with Crippen LogP contribution in [0.15, 0.2) is 58.1 Å². The van der Waals surface area contributed by atoms with Gasteiger partial charge in [0.1, 0.15) is 22.3 Å². The summed E-state index contributed by atoms with van der Waals surface area (Å²) in [4.78, 5) is 16.9. The van der Waals surface area contributed by atoms with Crippen molar-refractivity contribution in [1.82, 2.24) is 19.9 Å². The second-order valence-corrected chi connectivity index (χ2v) is 7.83. The topological polar surface area (TPSA) is 81.7 Å². The van der Waals surface area contributed by atoms with Gasteiger partial charge in [0.05, 0.1) is 25.6 Å². The summed E-state index contributed by atoms with van der Waals surface area (Å²) in [5.41, 5.74) is 3.56. The summed E-state index contributed by atoms with van der Waals surface area (Å²) in [5.74, 6) is 2.57. The molecule has 1 amide bonds. The fraction of sp³-hybridized carbons (Fsp3) is 0.227. The number of hydrogen-bond acceptors (Lipinski definition) is 6. The number of fused-ring (bicyclic) bond motifs is 1. The molecule has 0 fully saturated rings. The molecule has 0 unspecified atom stereocenters. The number of rotatable bonds is 7. The SMILES string of the molecule is COc1ccc(-c2cnn3c(SCC(=O)NCc4ccc(C)o4)cc(C)nc23)cc1. The number of nitrogens with zero attached hydrogens (tertiary/aromatic N) is 3. The van der Waals surface area contributed by atoms with Gasteiger partial charge in [-0.3, -0.25) is 4.79 Å². The van der Waals surface area contributed by atoms with Crippen molar-refractivity contribution in [2.75, 3.05) is 12.9 Å². The van der Waals surface area contributed by atoms with E-state index in [9.17, 15) is 4.79 Å². The Labute approximate surface area is 178 Å². The summed E-state index contributed by atoms with van der Waals surface area (Å²) in [6.07, 6.45) is 1.80. The van der Waals surface area contributed by atoms with Crippen molar-refractivity contribution < 1.29 is 13.9 Å². The molecule has 7 nitrogen and oxygen atoms in total. The van der Waals surface area contributed by atoms with Gasteiger partial charge in [-0.05, 0) is 49.7 Å². The van der Waals surface area contributed by atoms with E-state index in [0.717, 1.165) is 44.8 Å². The molecule has 0 aliphatic heterocycles. The third-order valence-corrected chi connectivity index (χ3v) is 5.57. The Bertz CT molecular complexity index is 1180. The minimum Gasteiger partial charge on any atom is -0.497 e. The zero-order valence-electron chi connectivity index (χ0n) is 17.0. The van der Waals surface area contributed by atoms with E-state index in [1.165, 1.54) is 11.8 Å². The van der Waals surface area contributed by atoms with Crippen molar-refractivity contribution in [3.8, 4) is 16.9 Å². The highest BCUT2D eigenvalue weighted by Crippen LogP contribution is 2.28. The van der Waals surface area contributed by atoms with Crippen LogP contribution in [0.4, 0.5) is 0 Å². The number of methoxy groups -OCH3 is 1. The zero-order valence-corrected chi connectivity index (χ0v) is 17.8. The summed E-state index contributed by atoms with van der Waals surface area (Å²) in [5, 5.41) is 8.25. The van der Waals surface area contributed by atoms with Crippen LogP contribution in [0.3, 0.4) is 0 Å². The average molecular weight is 423 g/mol. The highest BCUT2D eigenvalue weighted by Gasteiger charge is 2.14. The van der Waals surface area contributed by atoms with E-state index in [-0.39, 0.29) is 11.7 Å². The van der Waals surface area contributed by atoms with Crippen molar-refractivity contribution in [3.63, 3.8) is 0 Å². The molecule has 0 saturated heterocycles. The zero-order chi connectivity index (χ0) is 21.1. The standard InChI is InChI=1S/C22H22N4O3S/c1-14-10-21(30-13-20(27)23-11-18-7-4-15(2)29-18)26-22(25-14)19(12-24-26)16-5-8-17(28-3)9-6-16/h4-10,12H,11,13H2,1-3H3,(H,23,27). The van der Waals surface area contributed by atoms with Gasteiger partial charge in [-0.15, -0.1) is 0 Å². The molecule has 3 aromatic heterocycles. The number of nitrogens with one attached hydrogen (secondary N) is 1. The van der Waals surface area contributed by atoms with Crippen molar-refractivity contribution in [2.24, 2.45) is 0 Å². The number of aromatic nitrogens is 3. The lowest BCUT2D eigenvalue weighted by Gasteiger charge is -2.07. The Morgan fingerprint density at radius 2 is 2.00 bits per heavy atom. The van der Waals surface area contributed by atoms with Crippen LogP contribution in [0, 0.1) is 13.8 Å². The van der Waals surface area contributed by atoms with E-state index in [1.54, 1.807) is 17.8 Å². The van der Waals surface area contributed by atoms with Crippen molar-refractivity contribution >= 4 is 23.3 Å². The maximum absolute atomic E-state index is 12.3. The number of benzene rings is 1. The minimum absolute atomic E-state index is 0.0702. The van der Waals surface area contributed by atoms with Crippen LogP contribution in [0.2, 0.25) is 0 Å². The maximum atomic E-state index is 12.3. The molecule has 0 radical (unpaired) electrons. The predicted octanol–water partition coefficient (Wildman–Crippen LogP) is 4.02. The molecular weight excluding hydrogens is 400 g/mol. The Morgan fingerprint density at radius 3 is 2.70 bits per heavy atom. The molecule has 3 heterocycles. The Balaban J connectivity index is 1.50. The fourth-order valence-corrected chi connectivity index (χ4v) is 3.97. The molecule has 0 bridgehead atoms. The molecule has 1 N–H and O–H groups in total. The number of ether oxygens (including phenoxy) is 1. The summed E-state index contributed by atoms with van der Waals surface area (Å²) in [6.45, 7) is 4.19. The van der Waals surface area contributed by atoms with E-state index >= 15 is 0 Å². The van der Waals surface area contributed by atoms with E-state index in [0.29, 0.717) is 6.54 Å². The monoisotopic (exact) mass is 422 g/mol. The van der Waals surface area contributed by atoms with Crippen LogP contribution in [-0.4, -0.2) is 33.4 Å². The maximum Gasteiger partial charge on any atom is 0.230 e. The lowest BCUT2D eigenvalue weighted by Crippen LogP contribution is -2.24. The van der Waals surface area contributed by atoms with Crippen LogP contribution >= 0.6 is 11.8 Å². The van der Waals surface area contributed by atoms with Gasteiger partial charge < -0.3 is 14.5 Å². The molecule has 0 aliphatic rings. The Hall–Kier alpha value is -3.26. The first-order chi connectivity index (χ1) is 14.5. The third-order valence-electron chi connectivity index (χ3n) is 4.58. The molecule has 30 heavy (non-hydrogen) atoms. The third kappa shape index (κ3) is 4.33. The van der Waals surface area contributed by atoms with Crippen LogP contribution in [0.25, 0.3) is 16.8 Å². The van der Waals surface area contributed by atoms with Gasteiger partial charge >= 0.3 is 0 Å². The number of aryl methyl sites for hydroxylation is 2. The van der Waals surface area contributed by atoms with Crippen LogP contribution < -0.4 is 10.1 Å². The van der Waals surface area contributed by atoms with Crippen LogP contribution in [0.5, 0.6) is 5.75 Å². The molecule has 0 saturated carbocycles. The molecule has 0 aliphatic carbocycles. The van der Waals surface area contributed by atoms with Crippen molar-refractivity contribution in [2.45, 2.75) is 25.4 Å². The Morgan fingerprint density at radius 1 is 1.20 bits per heavy atom. The van der Waals surface area contributed by atoms with E-state index < -0.39 is 0 Å². The molecule has 8 heteroatoms. The first-order valence-electron chi connectivity index (χ1n) is 9.48. The number of furan rings is 1. The average Bonchev–Trinajstić information content (AvgIpc) is 3.36. The van der Waals surface area contributed by atoms with Gasteiger partial charge in [0.25, 0.3) is 0 Å². The summed E-state index contributed by atoms with van der Waals surface area (Å²) in [6, 6.07) is 13.5. The molecule has 0 spiro atoms. The number of hydrogen-bond donors (Lipinski definition) is 1. The van der Waals surface area contributed by atoms with Gasteiger partial charge in [0.15, 0.2) is 5.65 Å². The van der Waals surface area contributed by atoms with Gasteiger partial charge in [0, 0.05) is 11.3 Å². The smallest absolute Gasteiger partial charge is 0.230 e. The van der Waals surface area contributed by atoms with Gasteiger partial charge in [-0.1, -0.05) is 23.9 Å². The highest BCUT2D eigenvalue weighted by atomic mass is 32.2. The molecule has 0 atom stereocenters. The minimum atomic E-state index is -0.0702. The molecular formula is C22H22N4O3S. The number of amides is 1. The van der Waals surface area contributed by atoms with Gasteiger partial charge in [-0.2, -0.15) is 5.10 Å². The fourth-order valence-electron chi connectivity index (χ4n) is 3.08. The molecule has 1 aromatic carbocycles. The second-order valence-electron chi connectivity index (χ2n) is 6.84. The van der Waals surface area contributed by atoms with Crippen LogP contribution in [0.1, 0.15) is 17.2 Å². The summed E-state index contributed by atoms with van der Waals surface area (Å²) < 4.78 is 12.5. The second kappa shape index (κ2) is 8.62. The van der Waals surface area contributed by atoms with Gasteiger partial charge in [-0.25, -0.2) is 9.50 Å². The van der Waals surface area contributed by atoms with Gasteiger partial charge in [0.2, 0.25) is 5.91 Å². The summed E-state index contributed by atoms with van der Waals surface area (Å²) in [7, 11) is 1.64. The highest BCUT2D eigenvalue weighted by molar-refractivity contribution is 7.99. The van der Waals surface area contributed by atoms with Crippen LogP contribution in [-0.2, 0) is 11.3 Å². The molecule has 4 rings (SSSR count). The predicted molar refractivity (Wildman–Crippen MR) is 116 cm³/mol. The van der Waals surface area contributed by atoms with E-state index in [1.807, 2.05) is 56.3 Å². The lowest BCUT2D eigenvalue weighted by atomic mass is 10.1. The number of thioether (sulfide) groups is 1. The van der Waals surface area contributed by atoms with E-state index in [4.69, 9.17) is 9.15 Å². The van der Waals surface area contributed by atoms with Crippen molar-refractivity contribution in [3.05, 3.63) is 65.9 Å². The Kier molecular flexibility index (Phi) is 5.76. The largest absolute Gasteiger partial charge is 0.497 e. The quantitative estimate of drug-likeness (QED) is 0.358. The summed E-state index contributed by atoms with van der Waals surface area (Å²) >= 11 is 1.42. The molecule has 154 valence electrons. The lowest BCUT2D eigenvalue weighted by molar-refractivity contribution is -0.118. The first-order valence-corrected chi connectivity index (χ1v) is 10.5. The first kappa shape index (κ1) is 20.0.